The summed E-state index contributed by atoms with van der Waals surface area (Å²) in [6, 6.07) is 3.51. The Morgan fingerprint density at radius 3 is 2.10 bits per heavy atom. The number of benzene rings is 1. The van der Waals surface area contributed by atoms with Gasteiger partial charge in [0.05, 0.1) is 0 Å². The van der Waals surface area contributed by atoms with E-state index in [4.69, 9.17) is 0 Å². The van der Waals surface area contributed by atoms with Crippen LogP contribution in [-0.2, 0) is 14.4 Å². The summed E-state index contributed by atoms with van der Waals surface area (Å²) in [6.07, 6.45) is -0.232. The van der Waals surface area contributed by atoms with Gasteiger partial charge in [-0.1, -0.05) is 5.92 Å². The molecule has 1 N–H and O–H groups in total. The monoisotopic (exact) mass is 415 g/mol. The van der Waals surface area contributed by atoms with E-state index >= 15 is 0 Å². The van der Waals surface area contributed by atoms with Crippen molar-refractivity contribution in [2.24, 2.45) is 5.41 Å². The third-order valence-electron chi connectivity index (χ3n) is 6.48. The van der Waals surface area contributed by atoms with Crippen molar-refractivity contribution in [3.05, 3.63) is 34.4 Å². The zero-order chi connectivity index (χ0) is 22.1. The fraction of sp³-hybridized carbons (Fsp3) is 0.542. The normalized spacial score (nSPS) is 26.5. The largest absolute Gasteiger partial charge is 0.348 e. The van der Waals surface area contributed by atoms with E-state index in [2.05, 4.69) is 17.2 Å². The van der Waals surface area contributed by atoms with Crippen LogP contribution in [0.3, 0.4) is 0 Å². The van der Waals surface area contributed by atoms with Crippen molar-refractivity contribution >= 4 is 17.5 Å². The molecule has 2 saturated carbocycles. The van der Waals surface area contributed by atoms with Gasteiger partial charge in [0, 0.05) is 24.4 Å². The van der Waals surface area contributed by atoms with Crippen molar-refractivity contribution < 1.29 is 23.2 Å². The summed E-state index contributed by atoms with van der Waals surface area (Å²) in [5.74, 6) is 3.75. The van der Waals surface area contributed by atoms with Crippen molar-refractivity contribution in [2.75, 3.05) is 0 Å². The van der Waals surface area contributed by atoms with Crippen LogP contribution < -0.4 is 5.32 Å². The molecule has 0 aliphatic heterocycles. The lowest BCUT2D eigenvalue weighted by molar-refractivity contribution is -0.139. The first-order valence-electron chi connectivity index (χ1n) is 10.3. The minimum absolute atomic E-state index is 0.0677. The van der Waals surface area contributed by atoms with Crippen LogP contribution in [0.5, 0.6) is 0 Å². The Kier molecular flexibility index (Phi) is 6.40. The molecule has 1 aromatic carbocycles. The molecule has 1 spiro atoms. The fourth-order valence-electron chi connectivity index (χ4n) is 5.15. The van der Waals surface area contributed by atoms with E-state index in [0.29, 0.717) is 38.5 Å². The fourth-order valence-corrected chi connectivity index (χ4v) is 5.15. The molecule has 0 unspecified atom stereocenters. The van der Waals surface area contributed by atoms with Crippen molar-refractivity contribution in [1.82, 2.24) is 5.32 Å². The van der Waals surface area contributed by atoms with Crippen LogP contribution in [0.25, 0.3) is 0 Å². The molecule has 0 bridgehead atoms. The Morgan fingerprint density at radius 2 is 1.63 bits per heavy atom. The van der Waals surface area contributed by atoms with Crippen LogP contribution in [0.4, 0.5) is 8.78 Å². The van der Waals surface area contributed by atoms with Crippen LogP contribution in [0.15, 0.2) is 12.1 Å². The van der Waals surface area contributed by atoms with Crippen LogP contribution in [0, 0.1) is 31.1 Å². The first-order valence-corrected chi connectivity index (χ1v) is 10.3. The second-order valence-electron chi connectivity index (χ2n) is 8.70. The molecule has 30 heavy (non-hydrogen) atoms. The third kappa shape index (κ3) is 4.45. The molecule has 2 fully saturated rings. The lowest BCUT2D eigenvalue weighted by Crippen LogP contribution is -2.46. The second kappa shape index (κ2) is 8.67. The molecule has 2 aliphatic rings. The number of alkyl halides is 2. The number of nitrogens with one attached hydrogen (secondary N) is 1. The van der Waals surface area contributed by atoms with Gasteiger partial charge >= 0.3 is 6.43 Å². The quantitative estimate of drug-likeness (QED) is 0.600. The highest BCUT2D eigenvalue weighted by Gasteiger charge is 2.47. The van der Waals surface area contributed by atoms with E-state index in [1.54, 1.807) is 6.92 Å². The number of Topliss-reactive ketones (excluding diaryl/α,β-unsaturated/α-hetero) is 2. The maximum atomic E-state index is 13.1. The number of halogens is 2. The van der Waals surface area contributed by atoms with Crippen LogP contribution in [0.1, 0.15) is 73.6 Å². The van der Waals surface area contributed by atoms with E-state index in [0.717, 1.165) is 22.3 Å². The van der Waals surface area contributed by atoms with Gasteiger partial charge in [0.25, 0.3) is 5.91 Å². The molecule has 2 aliphatic carbocycles. The van der Waals surface area contributed by atoms with Gasteiger partial charge < -0.3 is 5.32 Å². The first kappa shape index (κ1) is 22.1. The predicted molar refractivity (Wildman–Crippen MR) is 109 cm³/mol. The summed E-state index contributed by atoms with van der Waals surface area (Å²) in [5, 5.41) is 2.36. The molecular weight excluding hydrogens is 388 g/mol. The molecule has 0 atom stereocenters. The molecule has 3 rings (SSSR count). The topological polar surface area (TPSA) is 63.2 Å². The number of amides is 1. The van der Waals surface area contributed by atoms with Crippen LogP contribution in [-0.4, -0.2) is 29.9 Å². The van der Waals surface area contributed by atoms with E-state index in [1.165, 1.54) is 0 Å². The summed E-state index contributed by atoms with van der Waals surface area (Å²) in [6.45, 7) is 5.58. The molecular formula is C24H27F2NO3. The van der Waals surface area contributed by atoms with Gasteiger partial charge in [-0.3, -0.25) is 14.4 Å². The Morgan fingerprint density at radius 1 is 1.10 bits per heavy atom. The van der Waals surface area contributed by atoms with E-state index in [1.807, 2.05) is 26.0 Å². The zero-order valence-electron chi connectivity index (χ0n) is 17.6. The Balaban J connectivity index is 1.74. The summed E-state index contributed by atoms with van der Waals surface area (Å²) < 4.78 is 24.9. The van der Waals surface area contributed by atoms with E-state index in [-0.39, 0.29) is 17.6 Å². The van der Waals surface area contributed by atoms with E-state index in [9.17, 15) is 23.2 Å². The van der Waals surface area contributed by atoms with Gasteiger partial charge in [0.2, 0.25) is 0 Å². The minimum Gasteiger partial charge on any atom is -0.348 e. The lowest BCUT2D eigenvalue weighted by atomic mass is 9.60. The number of carbonyl (C=O) groups is 3. The van der Waals surface area contributed by atoms with E-state index < -0.39 is 23.7 Å². The summed E-state index contributed by atoms with van der Waals surface area (Å²) in [4.78, 5) is 37.5. The highest BCUT2D eigenvalue weighted by atomic mass is 19.3. The second-order valence-corrected chi connectivity index (χ2v) is 8.70. The molecule has 6 heteroatoms. The molecule has 160 valence electrons. The average molecular weight is 415 g/mol. The number of aryl methyl sites for hydroxylation is 2. The number of carbonyl (C=O) groups excluding carboxylic acids is 3. The highest BCUT2D eigenvalue weighted by molar-refractivity contribution is 6.10. The van der Waals surface area contributed by atoms with Gasteiger partial charge in [0.1, 0.15) is 17.5 Å². The first-order chi connectivity index (χ1) is 14.2. The smallest absolute Gasteiger partial charge is 0.315 e. The van der Waals surface area contributed by atoms with Crippen molar-refractivity contribution in [1.29, 1.82) is 0 Å². The summed E-state index contributed by atoms with van der Waals surface area (Å²) >= 11 is 0. The average Bonchev–Trinajstić information content (AvgIpc) is 2.65. The van der Waals surface area contributed by atoms with Crippen molar-refractivity contribution in [2.45, 2.75) is 77.7 Å². The Bertz CT molecular complexity index is 890. The molecule has 0 radical (unpaired) electrons. The number of rotatable bonds is 3. The molecule has 0 aromatic heterocycles. The Labute approximate surface area is 175 Å². The zero-order valence-corrected chi connectivity index (χ0v) is 17.6. The minimum atomic E-state index is -3.03. The van der Waals surface area contributed by atoms with Crippen molar-refractivity contribution in [3.8, 4) is 11.8 Å². The summed E-state index contributed by atoms with van der Waals surface area (Å²) in [5.41, 5.74) is 3.04. The lowest BCUT2D eigenvalue weighted by Gasteiger charge is -2.43. The van der Waals surface area contributed by atoms with Gasteiger partial charge in [-0.2, -0.15) is 8.78 Å². The maximum absolute atomic E-state index is 13.1. The maximum Gasteiger partial charge on any atom is 0.315 e. The number of ketones is 2. The third-order valence-corrected chi connectivity index (χ3v) is 6.48. The molecule has 4 nitrogen and oxygen atoms in total. The summed E-state index contributed by atoms with van der Waals surface area (Å²) in [7, 11) is 0. The molecule has 1 aromatic rings. The standard InChI is InChI=1S/C24H27F2NO3/c1-4-5-16-10-14(2)20(15(3)11-16)21-18(28)12-24(13-19(21)29)8-6-17(7-9-24)27-23(30)22(25)26/h10-11,17,21-22H,6-9,12-13H2,1-3H3,(H,27,30). The van der Waals surface area contributed by atoms with Crippen LogP contribution in [0.2, 0.25) is 0 Å². The van der Waals surface area contributed by atoms with Crippen molar-refractivity contribution in [3.63, 3.8) is 0 Å². The molecule has 0 saturated heterocycles. The van der Waals surface area contributed by atoms with Gasteiger partial charge in [-0.15, -0.1) is 5.92 Å². The van der Waals surface area contributed by atoms with Gasteiger partial charge in [0.15, 0.2) is 0 Å². The predicted octanol–water partition coefficient (Wildman–Crippen LogP) is 4.00. The van der Waals surface area contributed by atoms with Gasteiger partial charge in [-0.25, -0.2) is 0 Å². The number of hydrogen-bond donors (Lipinski definition) is 1. The Hall–Kier alpha value is -2.55. The highest BCUT2D eigenvalue weighted by Crippen LogP contribution is 2.49. The number of hydrogen-bond acceptors (Lipinski definition) is 3. The SMILES string of the molecule is CC#Cc1cc(C)c(C2C(=O)CC3(CCC(NC(=O)C(F)F)CC3)CC2=O)c(C)c1. The molecule has 0 heterocycles. The molecule has 1 amide bonds. The van der Waals surface area contributed by atoms with Crippen LogP contribution >= 0.6 is 0 Å². The van der Waals surface area contributed by atoms with Gasteiger partial charge in [-0.05, 0) is 80.7 Å².